The van der Waals surface area contributed by atoms with Crippen LogP contribution in [0, 0.1) is 0 Å². The van der Waals surface area contributed by atoms with Gasteiger partial charge >= 0.3 is 6.03 Å². The zero-order chi connectivity index (χ0) is 14.0. The van der Waals surface area contributed by atoms with Crippen molar-refractivity contribution in [3.8, 4) is 0 Å². The SMILES string of the molecule is O=C(NCCSC1=NCCN1)NCCSC1=NCCN1. The monoisotopic (exact) mass is 316 g/mol. The van der Waals surface area contributed by atoms with Gasteiger partial charge in [0.15, 0.2) is 10.3 Å². The molecule has 0 atom stereocenters. The summed E-state index contributed by atoms with van der Waals surface area (Å²) in [6.45, 7) is 4.83. The molecule has 2 aliphatic rings. The average Bonchev–Trinajstić information content (AvgIpc) is 3.13. The summed E-state index contributed by atoms with van der Waals surface area (Å²) >= 11 is 3.28. The van der Waals surface area contributed by atoms with E-state index in [9.17, 15) is 4.79 Å². The lowest BCUT2D eigenvalue weighted by atomic mass is 10.7. The van der Waals surface area contributed by atoms with Crippen LogP contribution in [0.5, 0.6) is 0 Å². The Kier molecular flexibility index (Phi) is 6.85. The summed E-state index contributed by atoms with van der Waals surface area (Å²) in [7, 11) is 0. The van der Waals surface area contributed by atoms with Gasteiger partial charge < -0.3 is 21.3 Å². The van der Waals surface area contributed by atoms with E-state index in [1.165, 1.54) is 0 Å². The minimum atomic E-state index is -0.117. The number of aliphatic imine (C=N–C) groups is 2. The molecule has 0 saturated carbocycles. The van der Waals surface area contributed by atoms with E-state index in [4.69, 9.17) is 0 Å². The fourth-order valence-electron chi connectivity index (χ4n) is 1.63. The van der Waals surface area contributed by atoms with Gasteiger partial charge in [-0.3, -0.25) is 9.98 Å². The Morgan fingerprint density at radius 2 is 1.50 bits per heavy atom. The van der Waals surface area contributed by atoms with Gasteiger partial charge in [-0.1, -0.05) is 23.5 Å². The van der Waals surface area contributed by atoms with Crippen LogP contribution in [0.25, 0.3) is 0 Å². The van der Waals surface area contributed by atoms with Gasteiger partial charge in [-0.2, -0.15) is 0 Å². The molecule has 2 heterocycles. The number of amides is 2. The van der Waals surface area contributed by atoms with Crippen molar-refractivity contribution < 1.29 is 4.79 Å². The Morgan fingerprint density at radius 1 is 1.00 bits per heavy atom. The maximum absolute atomic E-state index is 11.5. The zero-order valence-corrected chi connectivity index (χ0v) is 12.9. The molecule has 0 aromatic carbocycles. The molecule has 0 fully saturated rings. The number of rotatable bonds is 6. The third-order valence-electron chi connectivity index (χ3n) is 2.54. The molecule has 0 aliphatic carbocycles. The quantitative estimate of drug-likeness (QED) is 0.504. The summed E-state index contributed by atoms with van der Waals surface area (Å²) in [5.74, 6) is 1.66. The number of nitrogens with one attached hydrogen (secondary N) is 4. The van der Waals surface area contributed by atoms with Crippen molar-refractivity contribution in [3.63, 3.8) is 0 Å². The third-order valence-corrected chi connectivity index (χ3v) is 4.45. The maximum atomic E-state index is 11.5. The van der Waals surface area contributed by atoms with Crippen molar-refractivity contribution in [3.05, 3.63) is 0 Å². The van der Waals surface area contributed by atoms with E-state index in [2.05, 4.69) is 31.3 Å². The van der Waals surface area contributed by atoms with Crippen LogP contribution in [0.3, 0.4) is 0 Å². The van der Waals surface area contributed by atoms with Gasteiger partial charge in [-0.15, -0.1) is 0 Å². The van der Waals surface area contributed by atoms with Gasteiger partial charge in [0.05, 0.1) is 13.1 Å². The average molecular weight is 316 g/mol. The molecule has 7 nitrogen and oxygen atoms in total. The third kappa shape index (κ3) is 5.91. The molecule has 0 spiro atoms. The predicted octanol–water partition coefficient (Wildman–Crippen LogP) is -0.330. The number of nitrogens with zero attached hydrogens (tertiary/aromatic N) is 2. The van der Waals surface area contributed by atoms with E-state index in [1.54, 1.807) is 23.5 Å². The fourth-order valence-corrected chi connectivity index (χ4v) is 3.20. The summed E-state index contributed by atoms with van der Waals surface area (Å²) in [5, 5.41) is 14.0. The van der Waals surface area contributed by atoms with E-state index >= 15 is 0 Å². The normalized spacial score (nSPS) is 17.0. The molecule has 0 radical (unpaired) electrons. The standard InChI is InChI=1S/C11H20N6OS2/c18-9(12-5-7-19-10-14-1-2-15-10)13-6-8-20-11-16-3-4-17-11/h1-8H2,(H,14,15)(H,16,17)(H2,12,13,18). The van der Waals surface area contributed by atoms with E-state index in [1.807, 2.05) is 0 Å². The van der Waals surface area contributed by atoms with Crippen molar-refractivity contribution in [1.82, 2.24) is 21.3 Å². The highest BCUT2D eigenvalue weighted by atomic mass is 32.2. The number of hydrogen-bond acceptors (Lipinski definition) is 7. The maximum Gasteiger partial charge on any atom is 0.314 e. The summed E-state index contributed by atoms with van der Waals surface area (Å²) in [5.41, 5.74) is 0. The Morgan fingerprint density at radius 3 is 1.90 bits per heavy atom. The van der Waals surface area contributed by atoms with Gasteiger partial charge in [0, 0.05) is 37.7 Å². The van der Waals surface area contributed by atoms with Crippen LogP contribution in [0.15, 0.2) is 9.98 Å². The lowest BCUT2D eigenvalue weighted by Crippen LogP contribution is -2.38. The molecule has 2 amide bonds. The number of urea groups is 1. The largest absolute Gasteiger partial charge is 0.363 e. The van der Waals surface area contributed by atoms with Gasteiger partial charge in [0.2, 0.25) is 0 Å². The molecule has 0 unspecified atom stereocenters. The highest BCUT2D eigenvalue weighted by Crippen LogP contribution is 2.04. The Hall–Kier alpha value is -1.09. The van der Waals surface area contributed by atoms with Crippen molar-refractivity contribution >= 4 is 39.9 Å². The van der Waals surface area contributed by atoms with Crippen LogP contribution in [-0.2, 0) is 0 Å². The lowest BCUT2D eigenvalue weighted by molar-refractivity contribution is 0.242. The second-order valence-electron chi connectivity index (χ2n) is 4.11. The highest BCUT2D eigenvalue weighted by Gasteiger charge is 2.06. The van der Waals surface area contributed by atoms with Crippen molar-refractivity contribution in [2.45, 2.75) is 0 Å². The van der Waals surface area contributed by atoms with Gasteiger partial charge in [0.1, 0.15) is 0 Å². The minimum absolute atomic E-state index is 0.117. The van der Waals surface area contributed by atoms with Gasteiger partial charge in [-0.25, -0.2) is 4.79 Å². The Labute approximate surface area is 127 Å². The van der Waals surface area contributed by atoms with E-state index in [0.29, 0.717) is 13.1 Å². The molecule has 0 aromatic rings. The van der Waals surface area contributed by atoms with Gasteiger partial charge in [0.25, 0.3) is 0 Å². The first-order valence-corrected chi connectivity index (χ1v) is 8.65. The highest BCUT2D eigenvalue weighted by molar-refractivity contribution is 8.14. The molecule has 2 aliphatic heterocycles. The molecule has 9 heteroatoms. The Balaban J connectivity index is 1.41. The van der Waals surface area contributed by atoms with E-state index in [0.717, 1.165) is 48.0 Å². The Bertz CT molecular complexity index is 353. The molecule has 2 rings (SSSR count). The molecule has 4 N–H and O–H groups in total. The number of amidine groups is 2. The lowest BCUT2D eigenvalue weighted by Gasteiger charge is -2.07. The topological polar surface area (TPSA) is 89.9 Å². The summed E-state index contributed by atoms with van der Waals surface area (Å²) in [6, 6.07) is -0.117. The zero-order valence-electron chi connectivity index (χ0n) is 11.3. The van der Waals surface area contributed by atoms with Crippen LogP contribution in [0.4, 0.5) is 4.79 Å². The first kappa shape index (κ1) is 15.3. The predicted molar refractivity (Wildman–Crippen MR) is 86.9 cm³/mol. The first-order chi connectivity index (χ1) is 9.84. The van der Waals surface area contributed by atoms with Crippen LogP contribution in [0.1, 0.15) is 0 Å². The first-order valence-electron chi connectivity index (χ1n) is 6.68. The summed E-state index contributed by atoms with van der Waals surface area (Å²) in [4.78, 5) is 20.0. The smallest absolute Gasteiger partial charge is 0.314 e. The molecular weight excluding hydrogens is 296 g/mol. The second kappa shape index (κ2) is 8.96. The number of carbonyl (C=O) groups is 1. The molecule has 0 saturated heterocycles. The van der Waals surface area contributed by atoms with Crippen LogP contribution < -0.4 is 21.3 Å². The van der Waals surface area contributed by atoms with Crippen LogP contribution in [0.2, 0.25) is 0 Å². The van der Waals surface area contributed by atoms with Crippen LogP contribution >= 0.6 is 23.5 Å². The van der Waals surface area contributed by atoms with Crippen molar-refractivity contribution in [2.24, 2.45) is 9.98 Å². The molecule has 20 heavy (non-hydrogen) atoms. The van der Waals surface area contributed by atoms with E-state index in [-0.39, 0.29) is 6.03 Å². The molecule has 0 bridgehead atoms. The molecular formula is C11H20N6OS2. The van der Waals surface area contributed by atoms with Gasteiger partial charge in [-0.05, 0) is 0 Å². The second-order valence-corrected chi connectivity index (χ2v) is 6.27. The van der Waals surface area contributed by atoms with Crippen molar-refractivity contribution in [2.75, 3.05) is 50.8 Å². The number of thioether (sulfide) groups is 2. The number of hydrogen-bond donors (Lipinski definition) is 4. The summed E-state index contributed by atoms with van der Waals surface area (Å²) < 4.78 is 0. The fraction of sp³-hybridized carbons (Fsp3) is 0.727. The van der Waals surface area contributed by atoms with Crippen molar-refractivity contribution in [1.29, 1.82) is 0 Å². The number of carbonyl (C=O) groups excluding carboxylic acids is 1. The molecule has 0 aromatic heterocycles. The summed E-state index contributed by atoms with van der Waals surface area (Å²) in [6.07, 6.45) is 0. The van der Waals surface area contributed by atoms with E-state index < -0.39 is 0 Å². The molecule has 112 valence electrons. The minimum Gasteiger partial charge on any atom is -0.363 e. The van der Waals surface area contributed by atoms with Crippen LogP contribution in [-0.4, -0.2) is 67.1 Å².